The molecule has 1 N–H and O–H groups in total. The van der Waals surface area contributed by atoms with Gasteiger partial charge in [-0.05, 0) is 49.4 Å². The van der Waals surface area contributed by atoms with Gasteiger partial charge in [0.2, 0.25) is 0 Å². The first-order valence-electron chi connectivity index (χ1n) is 5.37. The van der Waals surface area contributed by atoms with Gasteiger partial charge < -0.3 is 9.73 Å². The van der Waals surface area contributed by atoms with Crippen LogP contribution in [0.15, 0.2) is 22.3 Å². The Balaban J connectivity index is 2.17. The summed E-state index contributed by atoms with van der Waals surface area (Å²) in [5.41, 5.74) is 2.16. The molecule has 2 aromatic rings. The van der Waals surface area contributed by atoms with Crippen LogP contribution in [0.25, 0.3) is 11.3 Å². The molecule has 0 spiro atoms. The van der Waals surface area contributed by atoms with E-state index in [0.29, 0.717) is 0 Å². The van der Waals surface area contributed by atoms with Crippen molar-refractivity contribution in [2.24, 2.45) is 0 Å². The predicted octanol–water partition coefficient (Wildman–Crippen LogP) is 3.90. The molecule has 92 valence electrons. The molecular formula is C12H15IN2OS. The Bertz CT molecular complexity index is 499. The zero-order valence-corrected chi connectivity index (χ0v) is 13.1. The number of nitrogens with one attached hydrogen (secondary N) is 1. The van der Waals surface area contributed by atoms with Crippen LogP contribution in [0, 0.1) is 2.88 Å². The first kappa shape index (κ1) is 13.0. The minimum atomic E-state index is 0.0826. The highest BCUT2D eigenvalue weighted by Gasteiger charge is 2.15. The highest BCUT2D eigenvalue weighted by Crippen LogP contribution is 2.29. The largest absolute Gasteiger partial charge is 0.443 e. The maximum atomic E-state index is 5.48. The number of nitrogens with zero attached hydrogens (tertiary/aromatic N) is 1. The smallest absolute Gasteiger partial charge is 0.181 e. The van der Waals surface area contributed by atoms with Gasteiger partial charge in [-0.2, -0.15) is 0 Å². The Kier molecular flexibility index (Phi) is 3.89. The average Bonchev–Trinajstić information content (AvgIpc) is 2.81. The Labute approximate surface area is 119 Å². The maximum absolute atomic E-state index is 5.48. The summed E-state index contributed by atoms with van der Waals surface area (Å²) in [6.45, 7) is 7.14. The Hall–Kier alpha value is -0.400. The highest BCUT2D eigenvalue weighted by atomic mass is 127. The van der Waals surface area contributed by atoms with Gasteiger partial charge in [0.25, 0.3) is 0 Å². The van der Waals surface area contributed by atoms with Gasteiger partial charge in [-0.15, -0.1) is 11.3 Å². The Morgan fingerprint density at radius 2 is 2.24 bits per heavy atom. The molecule has 2 heterocycles. The van der Waals surface area contributed by atoms with Crippen LogP contribution in [-0.4, -0.2) is 10.5 Å². The number of thiophene rings is 1. The van der Waals surface area contributed by atoms with Gasteiger partial charge in [0.1, 0.15) is 5.69 Å². The first-order chi connectivity index (χ1) is 7.96. The molecule has 0 aliphatic heterocycles. The number of halogens is 1. The monoisotopic (exact) mass is 362 g/mol. The summed E-state index contributed by atoms with van der Waals surface area (Å²) < 4.78 is 6.73. The quantitative estimate of drug-likeness (QED) is 0.842. The zero-order valence-electron chi connectivity index (χ0n) is 10.1. The van der Waals surface area contributed by atoms with E-state index in [2.05, 4.69) is 65.1 Å². The summed E-state index contributed by atoms with van der Waals surface area (Å²) in [5, 5.41) is 5.52. The van der Waals surface area contributed by atoms with Crippen LogP contribution < -0.4 is 5.32 Å². The second-order valence-corrected chi connectivity index (χ2v) is 7.68. The van der Waals surface area contributed by atoms with Crippen molar-refractivity contribution in [1.82, 2.24) is 10.3 Å². The summed E-state index contributed by atoms with van der Waals surface area (Å²) in [7, 11) is 0. The summed E-state index contributed by atoms with van der Waals surface area (Å²) in [6, 6.07) is 2.12. The minimum Gasteiger partial charge on any atom is -0.443 e. The molecule has 0 fully saturated rings. The fourth-order valence-corrected chi connectivity index (χ4v) is 2.73. The lowest BCUT2D eigenvalue weighted by molar-refractivity contribution is 0.421. The highest BCUT2D eigenvalue weighted by molar-refractivity contribution is 14.1. The summed E-state index contributed by atoms with van der Waals surface area (Å²) in [4.78, 5) is 4.28. The Morgan fingerprint density at radius 3 is 2.82 bits per heavy atom. The van der Waals surface area contributed by atoms with E-state index in [9.17, 15) is 0 Å². The van der Waals surface area contributed by atoms with Crippen LogP contribution in [0.4, 0.5) is 0 Å². The van der Waals surface area contributed by atoms with Gasteiger partial charge in [-0.25, -0.2) is 4.98 Å². The summed E-state index contributed by atoms with van der Waals surface area (Å²) in [5.74, 6) is 0.876. The van der Waals surface area contributed by atoms with Crippen LogP contribution in [-0.2, 0) is 6.54 Å². The molecular weight excluding hydrogens is 347 g/mol. The van der Waals surface area contributed by atoms with Crippen molar-refractivity contribution < 1.29 is 4.42 Å². The molecule has 0 unspecified atom stereocenters. The van der Waals surface area contributed by atoms with E-state index < -0.39 is 0 Å². The van der Waals surface area contributed by atoms with Crippen molar-refractivity contribution in [3.05, 3.63) is 26.4 Å². The summed E-state index contributed by atoms with van der Waals surface area (Å²) >= 11 is 4.03. The third kappa shape index (κ3) is 3.53. The lowest BCUT2D eigenvalue weighted by Gasteiger charge is -2.19. The van der Waals surface area contributed by atoms with Crippen LogP contribution >= 0.6 is 33.9 Å². The van der Waals surface area contributed by atoms with E-state index in [0.717, 1.165) is 23.6 Å². The number of hydrogen-bond acceptors (Lipinski definition) is 4. The minimum absolute atomic E-state index is 0.0826. The number of oxazole rings is 1. The molecule has 0 aliphatic carbocycles. The maximum Gasteiger partial charge on any atom is 0.181 e. The topological polar surface area (TPSA) is 38.1 Å². The van der Waals surface area contributed by atoms with Crippen molar-refractivity contribution in [3.8, 4) is 11.3 Å². The SMILES string of the molecule is CC(C)(C)NCc1ncoc1-c1csc(I)c1. The van der Waals surface area contributed by atoms with Crippen molar-refractivity contribution >= 4 is 33.9 Å². The van der Waals surface area contributed by atoms with E-state index in [1.165, 1.54) is 9.28 Å². The first-order valence-corrected chi connectivity index (χ1v) is 7.33. The molecule has 0 atom stereocenters. The van der Waals surface area contributed by atoms with Gasteiger partial charge >= 0.3 is 0 Å². The molecule has 2 rings (SSSR count). The van der Waals surface area contributed by atoms with Crippen LogP contribution in [0.2, 0.25) is 0 Å². The van der Waals surface area contributed by atoms with Gasteiger partial charge in [0.05, 0.1) is 2.88 Å². The van der Waals surface area contributed by atoms with Crippen LogP contribution in [0.5, 0.6) is 0 Å². The molecule has 0 bridgehead atoms. The Morgan fingerprint density at radius 1 is 1.47 bits per heavy atom. The summed E-state index contributed by atoms with van der Waals surface area (Å²) in [6.07, 6.45) is 1.51. The molecule has 0 saturated heterocycles. The molecule has 2 aromatic heterocycles. The molecule has 0 aliphatic rings. The van der Waals surface area contributed by atoms with E-state index in [-0.39, 0.29) is 5.54 Å². The molecule has 5 heteroatoms. The molecule has 17 heavy (non-hydrogen) atoms. The van der Waals surface area contributed by atoms with E-state index in [4.69, 9.17) is 4.42 Å². The van der Waals surface area contributed by atoms with Crippen LogP contribution in [0.3, 0.4) is 0 Å². The molecule has 0 aromatic carbocycles. The molecule has 0 saturated carbocycles. The molecule has 3 nitrogen and oxygen atoms in total. The van der Waals surface area contributed by atoms with E-state index in [1.807, 2.05) is 0 Å². The lowest BCUT2D eigenvalue weighted by atomic mass is 10.1. The van der Waals surface area contributed by atoms with Gasteiger partial charge in [0, 0.05) is 23.0 Å². The average molecular weight is 362 g/mol. The van der Waals surface area contributed by atoms with Crippen molar-refractivity contribution in [2.75, 3.05) is 0 Å². The molecule has 0 amide bonds. The van der Waals surface area contributed by atoms with Crippen molar-refractivity contribution in [1.29, 1.82) is 0 Å². The second kappa shape index (κ2) is 5.07. The van der Waals surface area contributed by atoms with Gasteiger partial charge in [-0.3, -0.25) is 0 Å². The lowest BCUT2D eigenvalue weighted by Crippen LogP contribution is -2.35. The van der Waals surface area contributed by atoms with Crippen LogP contribution in [0.1, 0.15) is 26.5 Å². The predicted molar refractivity (Wildman–Crippen MR) is 79.1 cm³/mol. The standard InChI is InChI=1S/C12H15IN2OS/c1-12(2,3)15-5-9-11(16-7-14-9)8-4-10(13)17-6-8/h4,6-7,15H,5H2,1-3H3. The molecule has 0 radical (unpaired) electrons. The normalized spacial score (nSPS) is 12.0. The third-order valence-electron chi connectivity index (χ3n) is 2.26. The zero-order chi connectivity index (χ0) is 12.5. The second-order valence-electron chi connectivity index (χ2n) is 4.87. The fraction of sp³-hybridized carbons (Fsp3) is 0.417. The third-order valence-corrected chi connectivity index (χ3v) is 4.05. The number of aromatic nitrogens is 1. The van der Waals surface area contributed by atoms with E-state index >= 15 is 0 Å². The van der Waals surface area contributed by atoms with Crippen molar-refractivity contribution in [3.63, 3.8) is 0 Å². The van der Waals surface area contributed by atoms with Crippen molar-refractivity contribution in [2.45, 2.75) is 32.9 Å². The number of rotatable bonds is 3. The van der Waals surface area contributed by atoms with Gasteiger partial charge in [0.15, 0.2) is 12.2 Å². The fourth-order valence-electron chi connectivity index (χ4n) is 1.41. The van der Waals surface area contributed by atoms with E-state index in [1.54, 1.807) is 11.3 Å². The number of hydrogen-bond donors (Lipinski definition) is 1. The van der Waals surface area contributed by atoms with Gasteiger partial charge in [-0.1, -0.05) is 0 Å².